The number of hydrogen-bond acceptors (Lipinski definition) is 4. The topological polar surface area (TPSA) is 76.5 Å². The minimum Gasteiger partial charge on any atom is -0.465 e. The Bertz CT molecular complexity index is 806. The summed E-state index contributed by atoms with van der Waals surface area (Å²) in [5.74, 6) is -2.56. The number of nitrogens with zero attached hydrogens (tertiary/aromatic N) is 3. The third kappa shape index (κ3) is 2.92. The molecule has 0 fully saturated rings. The predicted molar refractivity (Wildman–Crippen MR) is 79.4 cm³/mol. The molecule has 0 aliphatic carbocycles. The molecule has 0 bridgehead atoms. The molecular weight excluding hydrogens is 322 g/mol. The lowest BCUT2D eigenvalue weighted by Crippen LogP contribution is -2.41. The number of halogens is 2. The van der Waals surface area contributed by atoms with Crippen molar-refractivity contribution in [3.63, 3.8) is 0 Å². The first-order chi connectivity index (χ1) is 11.5. The average molecular weight is 336 g/mol. The van der Waals surface area contributed by atoms with Gasteiger partial charge in [0.2, 0.25) is 0 Å². The number of esters is 1. The highest BCUT2D eigenvalue weighted by atomic mass is 19.2. The number of carbonyl (C=O) groups excluding carboxylic acids is 2. The van der Waals surface area contributed by atoms with Crippen molar-refractivity contribution in [3.8, 4) is 0 Å². The molecule has 24 heavy (non-hydrogen) atoms. The molecular formula is C15H14F2N4O3. The smallest absolute Gasteiger partial charge is 0.341 e. The van der Waals surface area contributed by atoms with Gasteiger partial charge < -0.3 is 15.0 Å². The molecule has 2 heterocycles. The molecule has 1 aromatic carbocycles. The molecule has 1 aliphatic rings. The maximum absolute atomic E-state index is 13.2. The van der Waals surface area contributed by atoms with Gasteiger partial charge >= 0.3 is 12.0 Å². The summed E-state index contributed by atoms with van der Waals surface area (Å²) in [7, 11) is 1.27. The monoisotopic (exact) mass is 336 g/mol. The second-order valence-corrected chi connectivity index (χ2v) is 5.20. The molecule has 2 amide bonds. The van der Waals surface area contributed by atoms with E-state index in [1.54, 1.807) is 4.68 Å². The van der Waals surface area contributed by atoms with E-state index < -0.39 is 23.6 Å². The van der Waals surface area contributed by atoms with Crippen LogP contribution in [-0.2, 0) is 17.8 Å². The zero-order valence-electron chi connectivity index (χ0n) is 12.8. The average Bonchev–Trinajstić information content (AvgIpc) is 3.00. The number of ether oxygens (including phenoxy) is 1. The molecule has 0 saturated heterocycles. The number of benzene rings is 1. The van der Waals surface area contributed by atoms with Gasteiger partial charge in [0.15, 0.2) is 11.6 Å². The summed E-state index contributed by atoms with van der Waals surface area (Å²) >= 11 is 0. The quantitative estimate of drug-likeness (QED) is 0.851. The summed E-state index contributed by atoms with van der Waals surface area (Å²) in [6.45, 7) is 0.933. The Balaban J connectivity index is 1.74. The highest BCUT2D eigenvalue weighted by molar-refractivity contribution is 5.91. The SMILES string of the molecule is COC(=O)c1cnn2c1CN(C(=O)Nc1ccc(F)c(F)c1)CC2. The van der Waals surface area contributed by atoms with Gasteiger partial charge in [-0.1, -0.05) is 0 Å². The van der Waals surface area contributed by atoms with E-state index in [4.69, 9.17) is 0 Å². The summed E-state index contributed by atoms with van der Waals surface area (Å²) < 4.78 is 32.4. The van der Waals surface area contributed by atoms with Crippen molar-refractivity contribution in [2.24, 2.45) is 0 Å². The number of nitrogens with one attached hydrogen (secondary N) is 1. The van der Waals surface area contributed by atoms with Crippen LogP contribution in [0.15, 0.2) is 24.4 Å². The number of amides is 2. The van der Waals surface area contributed by atoms with E-state index in [-0.39, 0.29) is 12.2 Å². The van der Waals surface area contributed by atoms with Crippen LogP contribution in [-0.4, -0.2) is 40.3 Å². The Hall–Kier alpha value is -2.97. The number of aromatic nitrogens is 2. The molecule has 0 saturated carbocycles. The lowest BCUT2D eigenvalue weighted by molar-refractivity contribution is 0.0597. The molecule has 0 radical (unpaired) electrons. The Morgan fingerprint density at radius 1 is 1.25 bits per heavy atom. The van der Waals surface area contributed by atoms with Crippen molar-refractivity contribution in [2.75, 3.05) is 19.0 Å². The fourth-order valence-electron chi connectivity index (χ4n) is 2.48. The number of carbonyl (C=O) groups is 2. The van der Waals surface area contributed by atoms with E-state index in [1.807, 2.05) is 0 Å². The molecule has 3 rings (SSSR count). The highest BCUT2D eigenvalue weighted by Crippen LogP contribution is 2.19. The molecule has 1 N–H and O–H groups in total. The van der Waals surface area contributed by atoms with E-state index in [2.05, 4.69) is 15.2 Å². The summed E-state index contributed by atoms with van der Waals surface area (Å²) in [4.78, 5) is 25.5. The molecule has 7 nitrogen and oxygen atoms in total. The first-order valence-corrected chi connectivity index (χ1v) is 7.13. The number of urea groups is 1. The van der Waals surface area contributed by atoms with Gasteiger partial charge in [0.05, 0.1) is 32.1 Å². The van der Waals surface area contributed by atoms with Crippen LogP contribution >= 0.6 is 0 Å². The summed E-state index contributed by atoms with van der Waals surface area (Å²) in [5.41, 5.74) is 1.00. The predicted octanol–water partition coefficient (Wildman–Crippen LogP) is 2.00. The molecule has 2 aromatic rings. The fourth-order valence-corrected chi connectivity index (χ4v) is 2.48. The first kappa shape index (κ1) is 15.9. The van der Waals surface area contributed by atoms with E-state index in [0.29, 0.717) is 24.3 Å². The van der Waals surface area contributed by atoms with Crippen LogP contribution in [0.4, 0.5) is 19.3 Å². The molecule has 126 valence electrons. The highest BCUT2D eigenvalue weighted by Gasteiger charge is 2.27. The number of anilines is 1. The second-order valence-electron chi connectivity index (χ2n) is 5.20. The number of methoxy groups -OCH3 is 1. The Labute approximate surface area is 135 Å². The van der Waals surface area contributed by atoms with Crippen molar-refractivity contribution in [3.05, 3.63) is 47.3 Å². The number of fused-ring (bicyclic) bond motifs is 1. The van der Waals surface area contributed by atoms with Gasteiger partial charge in [-0.15, -0.1) is 0 Å². The maximum atomic E-state index is 13.2. The number of hydrogen-bond donors (Lipinski definition) is 1. The van der Waals surface area contributed by atoms with E-state index in [1.165, 1.54) is 24.3 Å². The largest absolute Gasteiger partial charge is 0.465 e. The van der Waals surface area contributed by atoms with Gasteiger partial charge in [0, 0.05) is 18.3 Å². The van der Waals surface area contributed by atoms with Crippen LogP contribution in [0, 0.1) is 11.6 Å². The van der Waals surface area contributed by atoms with Crippen molar-refractivity contribution in [2.45, 2.75) is 13.1 Å². The van der Waals surface area contributed by atoms with Gasteiger partial charge in [0.25, 0.3) is 0 Å². The third-order valence-corrected chi connectivity index (χ3v) is 3.73. The van der Waals surface area contributed by atoms with Crippen LogP contribution < -0.4 is 5.32 Å². The molecule has 1 aliphatic heterocycles. The Morgan fingerprint density at radius 3 is 2.75 bits per heavy atom. The van der Waals surface area contributed by atoms with Gasteiger partial charge in [-0.2, -0.15) is 5.10 Å². The van der Waals surface area contributed by atoms with E-state index in [0.717, 1.165) is 12.1 Å². The van der Waals surface area contributed by atoms with Crippen LogP contribution in [0.3, 0.4) is 0 Å². The zero-order chi connectivity index (χ0) is 17.3. The van der Waals surface area contributed by atoms with Crippen molar-refractivity contribution in [1.82, 2.24) is 14.7 Å². The summed E-state index contributed by atoms with van der Waals surface area (Å²) in [6.07, 6.45) is 1.40. The van der Waals surface area contributed by atoms with Gasteiger partial charge in [-0.3, -0.25) is 4.68 Å². The third-order valence-electron chi connectivity index (χ3n) is 3.73. The van der Waals surface area contributed by atoms with Crippen LogP contribution in [0.5, 0.6) is 0 Å². The van der Waals surface area contributed by atoms with Crippen LogP contribution in [0.2, 0.25) is 0 Å². The maximum Gasteiger partial charge on any atom is 0.341 e. The summed E-state index contributed by atoms with van der Waals surface area (Å²) in [5, 5.41) is 6.59. The minimum atomic E-state index is -1.04. The Kier molecular flexibility index (Phi) is 4.15. The van der Waals surface area contributed by atoms with Gasteiger partial charge in [-0.05, 0) is 12.1 Å². The van der Waals surface area contributed by atoms with E-state index in [9.17, 15) is 18.4 Å². The normalized spacial score (nSPS) is 13.4. The lowest BCUT2D eigenvalue weighted by Gasteiger charge is -2.28. The second kappa shape index (κ2) is 6.26. The Morgan fingerprint density at radius 2 is 2.04 bits per heavy atom. The molecule has 0 unspecified atom stereocenters. The molecule has 0 spiro atoms. The van der Waals surface area contributed by atoms with Crippen LogP contribution in [0.1, 0.15) is 16.1 Å². The fraction of sp³-hybridized carbons (Fsp3) is 0.267. The molecule has 9 heteroatoms. The van der Waals surface area contributed by atoms with Crippen molar-refractivity contribution < 1.29 is 23.1 Å². The molecule has 1 aromatic heterocycles. The van der Waals surface area contributed by atoms with Crippen LogP contribution in [0.25, 0.3) is 0 Å². The summed E-state index contributed by atoms with van der Waals surface area (Å²) in [6, 6.07) is 2.63. The first-order valence-electron chi connectivity index (χ1n) is 7.13. The zero-order valence-corrected chi connectivity index (χ0v) is 12.8. The van der Waals surface area contributed by atoms with Gasteiger partial charge in [-0.25, -0.2) is 18.4 Å². The molecule has 0 atom stereocenters. The van der Waals surface area contributed by atoms with Crippen molar-refractivity contribution in [1.29, 1.82) is 0 Å². The number of rotatable bonds is 2. The minimum absolute atomic E-state index is 0.145. The lowest BCUT2D eigenvalue weighted by atomic mass is 10.2. The van der Waals surface area contributed by atoms with E-state index >= 15 is 0 Å². The van der Waals surface area contributed by atoms with Gasteiger partial charge in [0.1, 0.15) is 5.56 Å². The standard InChI is InChI=1S/C15H14F2N4O3/c1-24-14(22)10-7-18-21-5-4-20(8-13(10)21)15(23)19-9-2-3-11(16)12(17)6-9/h2-3,6-7H,4-5,8H2,1H3,(H,19,23). The van der Waals surface area contributed by atoms with Crippen molar-refractivity contribution >= 4 is 17.7 Å².